The Morgan fingerprint density at radius 2 is 2.07 bits per heavy atom. The van der Waals surface area contributed by atoms with Crippen LogP contribution in [0.1, 0.15) is 19.4 Å². The van der Waals surface area contributed by atoms with E-state index in [1.807, 2.05) is 0 Å². The number of benzene rings is 1. The number of ether oxygens (including phenoxy) is 2. The van der Waals surface area contributed by atoms with E-state index in [1.54, 1.807) is 6.07 Å². The van der Waals surface area contributed by atoms with Crippen LogP contribution in [0.2, 0.25) is 10.0 Å². The summed E-state index contributed by atoms with van der Waals surface area (Å²) in [4.78, 5) is 0. The van der Waals surface area contributed by atoms with Crippen LogP contribution in [0.25, 0.3) is 0 Å². The zero-order chi connectivity index (χ0) is 11.0. The lowest BCUT2D eigenvalue weighted by Crippen LogP contribution is -1.98. The molecular formula is C11H12Cl2O2. The van der Waals surface area contributed by atoms with Crippen molar-refractivity contribution in [3.05, 3.63) is 21.7 Å². The monoisotopic (exact) mass is 246 g/mol. The van der Waals surface area contributed by atoms with Gasteiger partial charge in [0, 0.05) is 11.6 Å². The minimum atomic E-state index is 0.247. The van der Waals surface area contributed by atoms with E-state index in [0.29, 0.717) is 21.7 Å². The maximum absolute atomic E-state index is 6.15. The molecule has 1 heterocycles. The van der Waals surface area contributed by atoms with Gasteiger partial charge in [0.25, 0.3) is 0 Å². The Kier molecular flexibility index (Phi) is 2.98. The molecule has 4 heteroatoms. The first kappa shape index (κ1) is 10.9. The van der Waals surface area contributed by atoms with E-state index in [0.717, 1.165) is 17.7 Å². The van der Waals surface area contributed by atoms with Gasteiger partial charge in [-0.1, -0.05) is 37.0 Å². The Labute approximate surface area is 99.1 Å². The van der Waals surface area contributed by atoms with Gasteiger partial charge in [-0.2, -0.15) is 0 Å². The number of rotatable bonds is 2. The van der Waals surface area contributed by atoms with Crippen LogP contribution in [0.5, 0.6) is 11.5 Å². The molecule has 1 aromatic rings. The molecule has 0 aliphatic carbocycles. The maximum atomic E-state index is 6.15. The maximum Gasteiger partial charge on any atom is 0.231 e. The molecule has 0 fully saturated rings. The second-order valence-corrected chi connectivity index (χ2v) is 4.77. The second-order valence-electron chi connectivity index (χ2n) is 3.98. The lowest BCUT2D eigenvalue weighted by Gasteiger charge is -2.11. The lowest BCUT2D eigenvalue weighted by atomic mass is 10.0. The van der Waals surface area contributed by atoms with Gasteiger partial charge in [0.1, 0.15) is 0 Å². The van der Waals surface area contributed by atoms with Gasteiger partial charge < -0.3 is 9.47 Å². The topological polar surface area (TPSA) is 18.5 Å². The molecule has 0 saturated heterocycles. The Morgan fingerprint density at radius 1 is 1.33 bits per heavy atom. The zero-order valence-electron chi connectivity index (χ0n) is 8.64. The highest BCUT2D eigenvalue weighted by Gasteiger charge is 2.23. The molecule has 0 saturated carbocycles. The average Bonchev–Trinajstić information content (AvgIpc) is 2.59. The summed E-state index contributed by atoms with van der Waals surface area (Å²) in [6.07, 6.45) is 0.838. The molecule has 0 spiro atoms. The number of halogens is 2. The first-order chi connectivity index (χ1) is 7.09. The highest BCUT2D eigenvalue weighted by molar-refractivity contribution is 6.42. The summed E-state index contributed by atoms with van der Waals surface area (Å²) in [5.41, 5.74) is 0.951. The molecule has 0 aromatic heterocycles. The van der Waals surface area contributed by atoms with Crippen LogP contribution in [0, 0.1) is 5.92 Å². The van der Waals surface area contributed by atoms with Crippen LogP contribution < -0.4 is 9.47 Å². The van der Waals surface area contributed by atoms with E-state index in [9.17, 15) is 0 Å². The zero-order valence-corrected chi connectivity index (χ0v) is 10.2. The van der Waals surface area contributed by atoms with E-state index in [4.69, 9.17) is 32.7 Å². The second kappa shape index (κ2) is 4.11. The summed E-state index contributed by atoms with van der Waals surface area (Å²) in [5.74, 6) is 1.94. The highest BCUT2D eigenvalue weighted by atomic mass is 35.5. The van der Waals surface area contributed by atoms with Gasteiger partial charge in [-0.05, 0) is 12.3 Å². The summed E-state index contributed by atoms with van der Waals surface area (Å²) in [5, 5.41) is 1.10. The van der Waals surface area contributed by atoms with Crippen LogP contribution in [-0.4, -0.2) is 6.79 Å². The molecule has 0 amide bonds. The summed E-state index contributed by atoms with van der Waals surface area (Å²) in [6, 6.07) is 1.70. The van der Waals surface area contributed by atoms with Crippen molar-refractivity contribution in [2.45, 2.75) is 20.3 Å². The van der Waals surface area contributed by atoms with E-state index < -0.39 is 0 Å². The standard InChI is InChI=1S/C11H12Cl2O2/c1-6(2)3-7-10(13)8(12)4-9-11(7)15-5-14-9/h4,6H,3,5H2,1-2H3. The van der Waals surface area contributed by atoms with Gasteiger partial charge >= 0.3 is 0 Å². The van der Waals surface area contributed by atoms with Crippen molar-refractivity contribution in [3.63, 3.8) is 0 Å². The first-order valence-corrected chi connectivity index (χ1v) is 5.61. The van der Waals surface area contributed by atoms with E-state index in [-0.39, 0.29) is 6.79 Å². The first-order valence-electron chi connectivity index (χ1n) is 4.86. The average molecular weight is 247 g/mol. The number of hydrogen-bond donors (Lipinski definition) is 0. The third-order valence-electron chi connectivity index (χ3n) is 2.26. The molecule has 15 heavy (non-hydrogen) atoms. The number of fused-ring (bicyclic) bond motifs is 1. The molecule has 82 valence electrons. The van der Waals surface area contributed by atoms with Gasteiger partial charge in [0.05, 0.1) is 10.0 Å². The largest absolute Gasteiger partial charge is 0.454 e. The summed E-state index contributed by atoms with van der Waals surface area (Å²) in [6.45, 7) is 4.50. The van der Waals surface area contributed by atoms with Gasteiger partial charge in [-0.15, -0.1) is 0 Å². The third-order valence-corrected chi connectivity index (χ3v) is 3.09. The summed E-state index contributed by atoms with van der Waals surface area (Å²) < 4.78 is 10.7. The van der Waals surface area contributed by atoms with E-state index in [1.165, 1.54) is 0 Å². The summed E-state index contributed by atoms with van der Waals surface area (Å²) in [7, 11) is 0. The third kappa shape index (κ3) is 2.01. The van der Waals surface area contributed by atoms with Crippen LogP contribution in [0.15, 0.2) is 6.07 Å². The van der Waals surface area contributed by atoms with Crippen LogP contribution in [0.3, 0.4) is 0 Å². The van der Waals surface area contributed by atoms with Crippen LogP contribution in [0.4, 0.5) is 0 Å². The van der Waals surface area contributed by atoms with Crippen molar-refractivity contribution >= 4 is 23.2 Å². The Balaban J connectivity index is 2.50. The molecule has 0 bridgehead atoms. The molecule has 1 aromatic carbocycles. The summed E-state index contributed by atoms with van der Waals surface area (Å²) >= 11 is 12.2. The minimum Gasteiger partial charge on any atom is -0.454 e. The van der Waals surface area contributed by atoms with Crippen molar-refractivity contribution in [2.75, 3.05) is 6.79 Å². The smallest absolute Gasteiger partial charge is 0.231 e. The fourth-order valence-electron chi connectivity index (χ4n) is 1.64. The number of hydrogen-bond acceptors (Lipinski definition) is 2. The molecule has 0 atom stereocenters. The predicted molar refractivity (Wildman–Crippen MR) is 61.1 cm³/mol. The van der Waals surface area contributed by atoms with Crippen molar-refractivity contribution < 1.29 is 9.47 Å². The molecular weight excluding hydrogens is 235 g/mol. The lowest BCUT2D eigenvalue weighted by molar-refractivity contribution is 0.173. The van der Waals surface area contributed by atoms with E-state index >= 15 is 0 Å². The SMILES string of the molecule is CC(C)Cc1c(Cl)c(Cl)cc2c1OCO2. The molecule has 1 aliphatic heterocycles. The quantitative estimate of drug-likeness (QED) is 0.788. The van der Waals surface area contributed by atoms with Crippen molar-refractivity contribution in [1.29, 1.82) is 0 Å². The van der Waals surface area contributed by atoms with Gasteiger partial charge in [-0.3, -0.25) is 0 Å². The van der Waals surface area contributed by atoms with Gasteiger partial charge in [0.2, 0.25) is 6.79 Å². The molecule has 0 N–H and O–H groups in total. The Bertz CT molecular complexity index is 389. The van der Waals surface area contributed by atoms with Crippen LogP contribution in [-0.2, 0) is 6.42 Å². The van der Waals surface area contributed by atoms with Crippen molar-refractivity contribution in [3.8, 4) is 11.5 Å². The van der Waals surface area contributed by atoms with Crippen LogP contribution >= 0.6 is 23.2 Å². The van der Waals surface area contributed by atoms with E-state index in [2.05, 4.69) is 13.8 Å². The minimum absolute atomic E-state index is 0.247. The molecule has 0 unspecified atom stereocenters. The molecule has 2 nitrogen and oxygen atoms in total. The van der Waals surface area contributed by atoms with Crippen molar-refractivity contribution in [1.82, 2.24) is 0 Å². The van der Waals surface area contributed by atoms with Gasteiger partial charge in [-0.25, -0.2) is 0 Å². The molecule has 1 aliphatic rings. The normalized spacial score (nSPS) is 13.7. The van der Waals surface area contributed by atoms with Crippen molar-refractivity contribution in [2.24, 2.45) is 5.92 Å². The van der Waals surface area contributed by atoms with Gasteiger partial charge in [0.15, 0.2) is 11.5 Å². The Morgan fingerprint density at radius 3 is 2.73 bits per heavy atom. The fraction of sp³-hybridized carbons (Fsp3) is 0.455. The fourth-order valence-corrected chi connectivity index (χ4v) is 2.08. The predicted octanol–water partition coefficient (Wildman–Crippen LogP) is 3.92. The highest BCUT2D eigenvalue weighted by Crippen LogP contribution is 2.44. The Hall–Kier alpha value is -0.600. The molecule has 0 radical (unpaired) electrons. The molecule has 2 rings (SSSR count).